The molecule has 0 heterocycles. The van der Waals surface area contributed by atoms with Crippen molar-refractivity contribution in [3.05, 3.63) is 0 Å². The zero-order valence-corrected chi connectivity index (χ0v) is 8.81. The Balaban J connectivity index is 0. The second kappa shape index (κ2) is 7.55. The Morgan fingerprint density at radius 3 is 2.29 bits per heavy atom. The monoisotopic (exact) mass is 304 g/mol. The van der Waals surface area contributed by atoms with E-state index in [1.165, 1.54) is 20.1 Å². The van der Waals surface area contributed by atoms with Crippen LogP contribution in [0.15, 0.2) is 0 Å². The van der Waals surface area contributed by atoms with E-state index in [9.17, 15) is 4.79 Å². The molecule has 0 saturated heterocycles. The molecule has 0 aliphatic carbocycles. The van der Waals surface area contributed by atoms with Crippen LogP contribution < -0.4 is 3.88 Å². The Kier molecular flexibility index (Phi) is 12.2. The Morgan fingerprint density at radius 1 is 1.86 bits per heavy atom. The minimum atomic E-state index is -0.122. The van der Waals surface area contributed by atoms with Crippen LogP contribution in [0.4, 0.5) is 4.79 Å². The molecule has 0 aromatic rings. The zero-order valence-electron chi connectivity index (χ0n) is 3.08. The molecule has 0 saturated carbocycles. The summed E-state index contributed by atoms with van der Waals surface area (Å²) in [6.45, 7) is 0. The zero-order chi connectivity index (χ0) is 4.99. The third kappa shape index (κ3) is 7.55. The van der Waals surface area contributed by atoms with Gasteiger partial charge in [0, 0.05) is 21.1 Å². The number of hydrogen-bond acceptors (Lipinski definition) is 3. The maximum atomic E-state index is 9.96. The maximum absolute atomic E-state index is 9.96. The van der Waals surface area contributed by atoms with Gasteiger partial charge in [0.1, 0.15) is 0 Å². The predicted octanol–water partition coefficient (Wildman–Crippen LogP) is 0.733. The summed E-state index contributed by atoms with van der Waals surface area (Å²) in [5, 5.41) is -0.122. The van der Waals surface area contributed by atoms with Gasteiger partial charge in [-0.25, -0.2) is 0 Å². The number of carbonyl (C=O) groups is 1. The van der Waals surface area contributed by atoms with E-state index < -0.39 is 0 Å². The summed E-state index contributed by atoms with van der Waals surface area (Å²) in [7, 11) is 0.872. The van der Waals surface area contributed by atoms with Crippen molar-refractivity contribution in [2.24, 2.45) is 0 Å². The van der Waals surface area contributed by atoms with Crippen molar-refractivity contribution in [3.8, 4) is 0 Å². The Hall–Kier alpha value is 1.55. The maximum Gasteiger partial charge on any atom is 0 e. The first-order chi connectivity index (χ1) is 2.81. The van der Waals surface area contributed by atoms with E-state index in [0.717, 1.165) is 10.8 Å². The standard InChI is InChI=1S/CH3NOS2.2Mo/c2-1(3)5-4;;/h(H3,2,3,4);;/q;;+1/p-1. The fourth-order valence-corrected chi connectivity index (χ4v) is 0.992. The van der Waals surface area contributed by atoms with E-state index >= 15 is 0 Å². The van der Waals surface area contributed by atoms with Crippen LogP contribution >= 0.6 is 22.5 Å². The quantitative estimate of drug-likeness (QED) is 0.392. The molecule has 0 radical (unpaired) electrons. The molecule has 0 bridgehead atoms. The molecule has 0 rings (SSSR count). The van der Waals surface area contributed by atoms with Crippen LogP contribution in [0.3, 0.4) is 0 Å². The molecule has 0 fully saturated rings. The Bertz CT molecular complexity index is 53.7. The van der Waals surface area contributed by atoms with Crippen molar-refractivity contribution >= 4 is 27.7 Å². The molecule has 2 nitrogen and oxygen atoms in total. The van der Waals surface area contributed by atoms with Crippen LogP contribution in [0.1, 0.15) is 0 Å². The van der Waals surface area contributed by atoms with Gasteiger partial charge in [-0.05, 0) is 0 Å². The molecule has 1 N–H and O–H groups in total. The summed E-state index contributed by atoms with van der Waals surface area (Å²) in [4.78, 5) is 9.96. The van der Waals surface area contributed by atoms with Gasteiger partial charge >= 0.3 is 56.4 Å². The number of nitrogens with one attached hydrogen (secondary N) is 1. The molecule has 0 aromatic carbocycles. The average Bonchev–Trinajstić information content (AvgIpc) is 1.65. The van der Waals surface area contributed by atoms with Crippen molar-refractivity contribution in [2.75, 3.05) is 0 Å². The summed E-state index contributed by atoms with van der Waals surface area (Å²) < 4.78 is 2.37. The van der Waals surface area contributed by atoms with Gasteiger partial charge in [0.25, 0.3) is 0 Å². The molecule has 1 amide bonds. The van der Waals surface area contributed by atoms with Gasteiger partial charge < -0.3 is 0 Å². The second-order valence-electron chi connectivity index (χ2n) is 0.481. The molecule has 41 valence electrons. The van der Waals surface area contributed by atoms with Crippen LogP contribution in [0.2, 0.25) is 0 Å². The van der Waals surface area contributed by atoms with Gasteiger partial charge in [-0.3, -0.25) is 0 Å². The number of rotatable bonds is 0. The van der Waals surface area contributed by atoms with Crippen molar-refractivity contribution in [1.29, 1.82) is 0 Å². The van der Waals surface area contributed by atoms with Crippen molar-refractivity contribution < 1.29 is 45.9 Å². The van der Waals surface area contributed by atoms with Gasteiger partial charge in [0.05, 0.1) is 0 Å². The number of hydrogen-bond donors (Lipinski definition) is 2. The molecule has 6 heteroatoms. The summed E-state index contributed by atoms with van der Waals surface area (Å²) in [6, 6.07) is 0. The van der Waals surface area contributed by atoms with Crippen LogP contribution in [0.5, 0.6) is 0 Å². The Labute approximate surface area is 76.8 Å². The average molecular weight is 300 g/mol. The molecule has 0 unspecified atom stereocenters. The molecule has 0 spiro atoms. The van der Waals surface area contributed by atoms with Gasteiger partial charge in [0.2, 0.25) is 0 Å². The largest absolute Gasteiger partial charge is 0 e. The number of carbonyl (C=O) groups excluding carboxylic acids is 1. The fraction of sp³-hybridized carbons (Fsp3) is 0. The first-order valence-corrected chi connectivity index (χ1v) is 3.92. The number of amides is 1. The van der Waals surface area contributed by atoms with E-state index in [1.54, 1.807) is 0 Å². The minimum Gasteiger partial charge on any atom is 0 e. The second-order valence-corrected chi connectivity index (χ2v) is 2.08. The summed E-state index contributed by atoms with van der Waals surface area (Å²) in [6.07, 6.45) is 0. The Morgan fingerprint density at radius 2 is 2.29 bits per heavy atom. The molecular weight excluding hydrogens is 298 g/mol. The normalized spacial score (nSPS) is 6.43. The molecule has 0 aromatic heterocycles. The van der Waals surface area contributed by atoms with Crippen LogP contribution in [0, 0.1) is 0 Å². The predicted molar refractivity (Wildman–Crippen MR) is 25.1 cm³/mol. The van der Waals surface area contributed by atoms with Gasteiger partial charge in [-0.1, -0.05) is 0 Å². The van der Waals surface area contributed by atoms with Crippen LogP contribution in [0.25, 0.3) is 0 Å². The SMILES string of the molecule is O=C([NH][Mo])SS.[Mo]. The van der Waals surface area contributed by atoms with Crippen LogP contribution in [-0.2, 0) is 41.1 Å². The first-order valence-electron chi connectivity index (χ1n) is 1.04. The first kappa shape index (κ1) is 11.4. The van der Waals surface area contributed by atoms with E-state index in [4.69, 9.17) is 0 Å². The number of thiol groups is 1. The van der Waals surface area contributed by atoms with Gasteiger partial charge in [-0.15, -0.1) is 0 Å². The van der Waals surface area contributed by atoms with Crippen molar-refractivity contribution in [3.63, 3.8) is 0 Å². The smallest absolute Gasteiger partial charge is 0 e. The molecule has 7 heavy (non-hydrogen) atoms. The van der Waals surface area contributed by atoms with Gasteiger partial charge in [0.15, 0.2) is 0 Å². The van der Waals surface area contributed by atoms with E-state index in [0.29, 0.717) is 0 Å². The van der Waals surface area contributed by atoms with Crippen LogP contribution in [-0.4, -0.2) is 5.24 Å². The molecule has 0 aliphatic rings. The van der Waals surface area contributed by atoms with E-state index in [2.05, 4.69) is 15.5 Å². The molecule has 0 aliphatic heterocycles. The topological polar surface area (TPSA) is 29.1 Å². The van der Waals surface area contributed by atoms with Gasteiger partial charge in [-0.2, -0.15) is 0 Å². The summed E-state index contributed by atoms with van der Waals surface area (Å²) >= 11 is 5.10. The third-order valence-corrected chi connectivity index (χ3v) is 1.73. The van der Waals surface area contributed by atoms with Crippen molar-refractivity contribution in [1.82, 2.24) is 3.88 Å². The van der Waals surface area contributed by atoms with E-state index in [-0.39, 0.29) is 26.3 Å². The van der Waals surface area contributed by atoms with Crippen molar-refractivity contribution in [2.45, 2.75) is 0 Å². The summed E-state index contributed by atoms with van der Waals surface area (Å²) in [5.41, 5.74) is 0. The minimum absolute atomic E-state index is 0. The van der Waals surface area contributed by atoms with E-state index in [1.807, 2.05) is 0 Å². The molecule has 0 atom stereocenters. The summed E-state index contributed by atoms with van der Waals surface area (Å²) in [5.74, 6) is 0. The molecular formula is CH2Mo2NOS2. The third-order valence-electron chi connectivity index (χ3n) is 0.166. The fourth-order valence-electron chi connectivity index (χ4n) is 0.0186.